The van der Waals surface area contributed by atoms with E-state index in [1.165, 1.54) is 0 Å². The summed E-state index contributed by atoms with van der Waals surface area (Å²) in [6.45, 7) is 9.30. The van der Waals surface area contributed by atoms with Crippen LogP contribution in [-0.2, 0) is 0 Å². The first kappa shape index (κ1) is 16.6. The molecular formula is C12H24O2Si. The summed E-state index contributed by atoms with van der Waals surface area (Å²) in [6.07, 6.45) is 0. The van der Waals surface area contributed by atoms with Gasteiger partial charge in [0.25, 0.3) is 0 Å². The lowest BCUT2D eigenvalue weighted by Gasteiger charge is -2.04. The zero-order valence-electron chi connectivity index (χ0n) is 10.2. The van der Waals surface area contributed by atoms with Crippen molar-refractivity contribution < 1.29 is 10.6 Å². The molecule has 3 heteroatoms. The van der Waals surface area contributed by atoms with Crippen molar-refractivity contribution in [2.45, 2.75) is 38.8 Å². The van der Waals surface area contributed by atoms with Gasteiger partial charge < -0.3 is 10.6 Å². The Labute approximate surface area is 95.5 Å². The van der Waals surface area contributed by atoms with Crippen LogP contribution in [0.1, 0.15) is 27.7 Å². The molecule has 88 valence electrons. The summed E-state index contributed by atoms with van der Waals surface area (Å²) in [6, 6.07) is 8.71. The van der Waals surface area contributed by atoms with Crippen molar-refractivity contribution in [1.82, 2.24) is 0 Å². The quantitative estimate of drug-likeness (QED) is 0.776. The van der Waals surface area contributed by atoms with Gasteiger partial charge in [0.2, 0.25) is 0 Å². The Kier molecular flexibility index (Phi) is 10.8. The second kappa shape index (κ2) is 9.74. The highest BCUT2D eigenvalue weighted by atomic mass is 28.2. The predicted octanol–water partition coefficient (Wildman–Crippen LogP) is 2.38. The molecule has 0 heterocycles. The van der Waals surface area contributed by atoms with Crippen LogP contribution in [0.5, 0.6) is 5.75 Å². The van der Waals surface area contributed by atoms with Gasteiger partial charge in [-0.2, -0.15) is 0 Å². The molecule has 0 unspecified atom stereocenters. The van der Waals surface area contributed by atoms with Crippen LogP contribution in [0.25, 0.3) is 0 Å². The van der Waals surface area contributed by atoms with E-state index in [9.17, 15) is 0 Å². The monoisotopic (exact) mass is 228 g/mol. The molecule has 0 aromatic heterocycles. The van der Waals surface area contributed by atoms with E-state index in [1.54, 1.807) is 24.3 Å². The topological polar surface area (TPSA) is 51.7 Å². The zero-order valence-corrected chi connectivity index (χ0v) is 11.6. The van der Waals surface area contributed by atoms with Crippen LogP contribution < -0.4 is 0 Å². The minimum Gasteiger partial charge on any atom is -0.508 e. The summed E-state index contributed by atoms with van der Waals surface area (Å²) in [5, 5.41) is 8.63. The van der Waals surface area contributed by atoms with E-state index in [2.05, 4.69) is 27.7 Å². The molecule has 2 nitrogen and oxygen atoms in total. The lowest BCUT2D eigenvalue weighted by molar-refractivity contribution is 0.475. The van der Waals surface area contributed by atoms with Gasteiger partial charge in [0.05, 0.1) is 0 Å². The maximum atomic E-state index is 8.63. The van der Waals surface area contributed by atoms with E-state index in [4.69, 9.17) is 5.11 Å². The Morgan fingerprint density at radius 3 is 1.47 bits per heavy atom. The van der Waals surface area contributed by atoms with E-state index >= 15 is 0 Å². The lowest BCUT2D eigenvalue weighted by atomic mass is 10.3. The fourth-order valence-electron chi connectivity index (χ4n) is 1.37. The Balaban J connectivity index is 0. The molecule has 1 aromatic carbocycles. The van der Waals surface area contributed by atoms with Gasteiger partial charge in [-0.1, -0.05) is 57.0 Å². The van der Waals surface area contributed by atoms with Crippen LogP contribution in [0.2, 0.25) is 11.1 Å². The molecule has 0 fully saturated rings. The molecule has 0 spiro atoms. The normalized spacial score (nSPS) is 9.20. The molecule has 0 atom stereocenters. The zero-order chi connectivity index (χ0) is 11.0. The van der Waals surface area contributed by atoms with Gasteiger partial charge in [-0.05, 0) is 12.1 Å². The van der Waals surface area contributed by atoms with Crippen molar-refractivity contribution in [3.63, 3.8) is 0 Å². The molecule has 1 aromatic rings. The molecule has 0 aliphatic carbocycles. The molecule has 15 heavy (non-hydrogen) atoms. The fraction of sp³-hybridized carbons (Fsp3) is 0.500. The third kappa shape index (κ3) is 13.2. The first-order valence-corrected chi connectivity index (χ1v) is 6.89. The maximum absolute atomic E-state index is 8.63. The summed E-state index contributed by atoms with van der Waals surface area (Å²) in [7, 11) is 0.281. The van der Waals surface area contributed by atoms with E-state index < -0.39 is 0 Å². The first-order valence-electron chi connectivity index (χ1n) is 5.26. The number of hydrogen-bond acceptors (Lipinski definition) is 1. The van der Waals surface area contributed by atoms with Gasteiger partial charge in [-0.25, -0.2) is 0 Å². The number of para-hydroxylation sites is 1. The molecule has 3 N–H and O–H groups in total. The second-order valence-electron chi connectivity index (χ2n) is 4.36. The Morgan fingerprint density at radius 1 is 0.933 bits per heavy atom. The summed E-state index contributed by atoms with van der Waals surface area (Å²) in [5.74, 6) is 0.322. The Morgan fingerprint density at radius 2 is 1.33 bits per heavy atom. The van der Waals surface area contributed by atoms with E-state index in [1.807, 2.05) is 6.07 Å². The predicted molar refractivity (Wildman–Crippen MR) is 70.5 cm³/mol. The highest BCUT2D eigenvalue weighted by Gasteiger charge is 1.97. The van der Waals surface area contributed by atoms with Gasteiger partial charge in [0, 0.05) is 9.52 Å². The molecule has 0 radical (unpaired) electrons. The highest BCUT2D eigenvalue weighted by molar-refractivity contribution is 6.38. The molecule has 0 bridgehead atoms. The summed E-state index contributed by atoms with van der Waals surface area (Å²) in [5.41, 5.74) is 2.03. The van der Waals surface area contributed by atoms with Crippen LogP contribution in [0.3, 0.4) is 0 Å². The standard InChI is InChI=1S/C6H6O.C6H16Si.H2O/c7-6-4-2-1-3-5-6;1-5(2)7-6(3)4;/h1-5,7H;5-6H,7H2,1-4H3;1H2. The van der Waals surface area contributed by atoms with Crippen LogP contribution in [-0.4, -0.2) is 20.1 Å². The van der Waals surface area contributed by atoms with Crippen molar-refractivity contribution in [3.05, 3.63) is 30.3 Å². The number of hydrogen-bond donors (Lipinski definition) is 1. The number of phenolic OH excluding ortho intramolecular Hbond substituents is 1. The van der Waals surface area contributed by atoms with Crippen molar-refractivity contribution in [2.75, 3.05) is 0 Å². The van der Waals surface area contributed by atoms with E-state index in [-0.39, 0.29) is 15.0 Å². The van der Waals surface area contributed by atoms with Gasteiger partial charge in [0.1, 0.15) is 5.75 Å². The van der Waals surface area contributed by atoms with Crippen molar-refractivity contribution in [2.24, 2.45) is 0 Å². The van der Waals surface area contributed by atoms with Gasteiger partial charge >= 0.3 is 0 Å². The van der Waals surface area contributed by atoms with Crippen molar-refractivity contribution >= 4 is 9.52 Å². The van der Waals surface area contributed by atoms with Crippen LogP contribution in [0.15, 0.2) is 30.3 Å². The molecule has 0 aliphatic heterocycles. The SMILES string of the molecule is CC(C)[SiH2]C(C)C.O.Oc1ccccc1. The van der Waals surface area contributed by atoms with Gasteiger partial charge in [-0.15, -0.1) is 0 Å². The number of phenols is 1. The first-order chi connectivity index (χ1) is 6.52. The maximum Gasteiger partial charge on any atom is 0.115 e. The average molecular weight is 228 g/mol. The molecular weight excluding hydrogens is 204 g/mol. The molecule has 1 rings (SSSR count). The minimum atomic E-state index is 0. The molecule has 0 amide bonds. The second-order valence-corrected chi connectivity index (χ2v) is 8.10. The van der Waals surface area contributed by atoms with Crippen LogP contribution >= 0.6 is 0 Å². The van der Waals surface area contributed by atoms with Crippen LogP contribution in [0, 0.1) is 0 Å². The van der Waals surface area contributed by atoms with E-state index in [0.717, 1.165) is 11.1 Å². The minimum absolute atomic E-state index is 0. The highest BCUT2D eigenvalue weighted by Crippen LogP contribution is 2.07. The third-order valence-corrected chi connectivity index (χ3v) is 3.58. The third-order valence-electron chi connectivity index (χ3n) is 1.70. The number of aromatic hydroxyl groups is 1. The molecule has 0 saturated carbocycles. The lowest BCUT2D eigenvalue weighted by Crippen LogP contribution is -1.98. The van der Waals surface area contributed by atoms with Gasteiger partial charge in [-0.3, -0.25) is 0 Å². The summed E-state index contributed by atoms with van der Waals surface area (Å²) < 4.78 is 0. The fourth-order valence-corrected chi connectivity index (χ4v) is 3.26. The Hall–Kier alpha value is -0.803. The number of benzene rings is 1. The van der Waals surface area contributed by atoms with E-state index in [0.29, 0.717) is 5.75 Å². The largest absolute Gasteiger partial charge is 0.508 e. The molecule has 0 saturated heterocycles. The summed E-state index contributed by atoms with van der Waals surface area (Å²) >= 11 is 0. The van der Waals surface area contributed by atoms with Crippen LogP contribution in [0.4, 0.5) is 0 Å². The van der Waals surface area contributed by atoms with Crippen molar-refractivity contribution in [3.8, 4) is 5.75 Å². The summed E-state index contributed by atoms with van der Waals surface area (Å²) in [4.78, 5) is 0. The smallest absolute Gasteiger partial charge is 0.115 e. The molecule has 0 aliphatic rings. The van der Waals surface area contributed by atoms with Gasteiger partial charge in [0.15, 0.2) is 0 Å². The average Bonchev–Trinajstić information content (AvgIpc) is 2.03. The number of rotatable bonds is 2. The Bertz CT molecular complexity index is 216. The van der Waals surface area contributed by atoms with Crippen molar-refractivity contribution in [1.29, 1.82) is 0 Å².